The van der Waals surface area contributed by atoms with Crippen LogP contribution >= 0.6 is 0 Å². The average molecular weight is 431 g/mol. The topological polar surface area (TPSA) is 84.9 Å². The highest BCUT2D eigenvalue weighted by Crippen LogP contribution is 2.44. The molecule has 0 saturated heterocycles. The molecule has 6 nitrogen and oxygen atoms in total. The molecule has 0 fully saturated rings. The van der Waals surface area contributed by atoms with E-state index in [0.29, 0.717) is 11.3 Å². The van der Waals surface area contributed by atoms with Gasteiger partial charge in [0.25, 0.3) is 0 Å². The van der Waals surface area contributed by atoms with Crippen LogP contribution in [0.2, 0.25) is 0 Å². The first-order chi connectivity index (χ1) is 15.5. The number of carboxylic acid groups (broad SMARTS) is 1. The summed E-state index contributed by atoms with van der Waals surface area (Å²) in [6, 6.07) is 20.9. The minimum Gasteiger partial charge on any atom is -0.496 e. The number of methoxy groups -OCH3 is 1. The highest BCUT2D eigenvalue weighted by Gasteiger charge is 2.29. The smallest absolute Gasteiger partial charge is 0.407 e. The normalized spacial score (nSPS) is 13.1. The summed E-state index contributed by atoms with van der Waals surface area (Å²) in [4.78, 5) is 24.2. The van der Waals surface area contributed by atoms with Crippen LogP contribution in [0.3, 0.4) is 0 Å². The molecule has 0 heterocycles. The van der Waals surface area contributed by atoms with Gasteiger partial charge in [-0.3, -0.25) is 4.79 Å². The lowest BCUT2D eigenvalue weighted by Crippen LogP contribution is -2.32. The van der Waals surface area contributed by atoms with E-state index in [1.165, 1.54) is 7.11 Å². The number of aryl methyl sites for hydroxylation is 1. The zero-order valence-electron chi connectivity index (χ0n) is 18.0. The second kappa shape index (κ2) is 9.14. The summed E-state index contributed by atoms with van der Waals surface area (Å²) in [6.07, 6.45) is -0.953. The zero-order chi connectivity index (χ0) is 22.7. The third kappa shape index (κ3) is 4.30. The van der Waals surface area contributed by atoms with Crippen molar-refractivity contribution in [2.45, 2.75) is 25.3 Å². The highest BCUT2D eigenvalue weighted by molar-refractivity contribution is 5.79. The molecule has 4 rings (SSSR count). The van der Waals surface area contributed by atoms with Crippen molar-refractivity contribution in [3.63, 3.8) is 0 Å². The van der Waals surface area contributed by atoms with Crippen LogP contribution in [-0.4, -0.2) is 30.9 Å². The van der Waals surface area contributed by atoms with Gasteiger partial charge < -0.3 is 19.9 Å². The van der Waals surface area contributed by atoms with Crippen LogP contribution in [0.15, 0.2) is 66.7 Å². The number of ether oxygens (including phenoxy) is 2. The lowest BCUT2D eigenvalue weighted by atomic mass is 9.98. The molecule has 3 aromatic rings. The van der Waals surface area contributed by atoms with Gasteiger partial charge in [0.2, 0.25) is 0 Å². The number of aliphatic carboxylic acids is 1. The van der Waals surface area contributed by atoms with E-state index in [2.05, 4.69) is 17.4 Å². The number of carboxylic acids is 1. The van der Waals surface area contributed by atoms with Gasteiger partial charge in [0.1, 0.15) is 12.4 Å². The van der Waals surface area contributed by atoms with Gasteiger partial charge >= 0.3 is 12.1 Å². The van der Waals surface area contributed by atoms with Gasteiger partial charge in [-0.05, 0) is 35.2 Å². The number of rotatable bonds is 7. The molecule has 0 saturated carbocycles. The lowest BCUT2D eigenvalue weighted by molar-refractivity contribution is -0.137. The van der Waals surface area contributed by atoms with E-state index in [4.69, 9.17) is 9.47 Å². The van der Waals surface area contributed by atoms with E-state index in [1.807, 2.05) is 55.5 Å². The van der Waals surface area contributed by atoms with E-state index in [1.54, 1.807) is 6.07 Å². The maximum Gasteiger partial charge on any atom is 0.407 e. The van der Waals surface area contributed by atoms with Crippen LogP contribution in [0.4, 0.5) is 4.79 Å². The van der Waals surface area contributed by atoms with Gasteiger partial charge in [-0.15, -0.1) is 0 Å². The molecule has 0 aliphatic heterocycles. The number of hydrogen-bond donors (Lipinski definition) is 2. The molecule has 0 aromatic heterocycles. The van der Waals surface area contributed by atoms with Gasteiger partial charge in [0.15, 0.2) is 0 Å². The van der Waals surface area contributed by atoms with Gasteiger partial charge in [-0.1, -0.05) is 66.2 Å². The maximum atomic E-state index is 12.7. The fraction of sp³-hybridized carbons (Fsp3) is 0.231. The number of nitrogens with one attached hydrogen (secondary N) is 1. The monoisotopic (exact) mass is 431 g/mol. The second-order valence-corrected chi connectivity index (χ2v) is 7.87. The Morgan fingerprint density at radius 1 is 1.00 bits per heavy atom. The molecule has 1 aliphatic rings. The SMILES string of the molecule is COc1ccc(C)cc1[C@@H](CC(=O)O)NC(=O)OCC1c2ccccc2-c2ccccc21. The molecular formula is C26H25NO5. The van der Waals surface area contributed by atoms with Crippen molar-refractivity contribution >= 4 is 12.1 Å². The molecule has 0 radical (unpaired) electrons. The van der Waals surface area contributed by atoms with Crippen molar-refractivity contribution in [1.29, 1.82) is 0 Å². The average Bonchev–Trinajstić information content (AvgIpc) is 3.11. The second-order valence-electron chi connectivity index (χ2n) is 7.87. The molecular weight excluding hydrogens is 406 g/mol. The number of amides is 1. The molecule has 3 aromatic carbocycles. The number of alkyl carbamates (subject to hydrolysis) is 1. The molecule has 1 amide bonds. The fourth-order valence-corrected chi connectivity index (χ4v) is 4.32. The highest BCUT2D eigenvalue weighted by atomic mass is 16.5. The van der Waals surface area contributed by atoms with Gasteiger partial charge in [-0.2, -0.15) is 0 Å². The predicted molar refractivity (Wildman–Crippen MR) is 121 cm³/mol. The Kier molecular flexibility index (Phi) is 6.12. The third-order valence-electron chi connectivity index (χ3n) is 5.78. The third-order valence-corrected chi connectivity index (χ3v) is 5.78. The Bertz CT molecular complexity index is 1110. The van der Waals surface area contributed by atoms with Crippen LogP contribution in [-0.2, 0) is 9.53 Å². The fourth-order valence-electron chi connectivity index (χ4n) is 4.32. The maximum absolute atomic E-state index is 12.7. The molecule has 6 heteroatoms. The summed E-state index contributed by atoms with van der Waals surface area (Å²) in [5, 5.41) is 12.1. The number of fused-ring (bicyclic) bond motifs is 3. The molecule has 0 bridgehead atoms. The molecule has 0 spiro atoms. The number of benzene rings is 3. The molecule has 1 aliphatic carbocycles. The van der Waals surface area contributed by atoms with Crippen LogP contribution < -0.4 is 10.1 Å². The van der Waals surface area contributed by atoms with Gasteiger partial charge in [-0.25, -0.2) is 4.79 Å². The van der Waals surface area contributed by atoms with Crippen molar-refractivity contribution in [1.82, 2.24) is 5.32 Å². The summed E-state index contributed by atoms with van der Waals surface area (Å²) in [6.45, 7) is 2.05. The van der Waals surface area contributed by atoms with Crippen LogP contribution in [0.5, 0.6) is 5.75 Å². The number of hydrogen-bond acceptors (Lipinski definition) is 4. The lowest BCUT2D eigenvalue weighted by Gasteiger charge is -2.21. The van der Waals surface area contributed by atoms with Crippen molar-refractivity contribution in [3.8, 4) is 16.9 Å². The summed E-state index contributed by atoms with van der Waals surface area (Å²) >= 11 is 0. The van der Waals surface area contributed by atoms with Crippen molar-refractivity contribution in [3.05, 3.63) is 89.0 Å². The van der Waals surface area contributed by atoms with Gasteiger partial charge in [0.05, 0.1) is 19.6 Å². The minimum absolute atomic E-state index is 0.0698. The first-order valence-electron chi connectivity index (χ1n) is 10.5. The zero-order valence-corrected chi connectivity index (χ0v) is 18.0. The molecule has 2 N–H and O–H groups in total. The first kappa shape index (κ1) is 21.4. The predicted octanol–water partition coefficient (Wildman–Crippen LogP) is 5.06. The minimum atomic E-state index is -1.03. The van der Waals surface area contributed by atoms with Gasteiger partial charge in [0, 0.05) is 11.5 Å². The van der Waals surface area contributed by atoms with E-state index in [-0.39, 0.29) is 18.9 Å². The van der Waals surface area contributed by atoms with E-state index in [0.717, 1.165) is 27.8 Å². The molecule has 32 heavy (non-hydrogen) atoms. The van der Waals surface area contributed by atoms with Crippen LogP contribution in [0.1, 0.15) is 40.6 Å². The first-order valence-corrected chi connectivity index (χ1v) is 10.5. The Balaban J connectivity index is 1.51. The molecule has 0 unspecified atom stereocenters. The van der Waals surface area contributed by atoms with Crippen molar-refractivity contribution < 1.29 is 24.2 Å². The van der Waals surface area contributed by atoms with Crippen LogP contribution in [0, 0.1) is 6.92 Å². The summed E-state index contributed by atoms with van der Waals surface area (Å²) < 4.78 is 11.0. The Labute approximate surface area is 186 Å². The quantitative estimate of drug-likeness (QED) is 0.546. The largest absolute Gasteiger partial charge is 0.496 e. The van der Waals surface area contributed by atoms with E-state index >= 15 is 0 Å². The Morgan fingerprint density at radius 3 is 2.22 bits per heavy atom. The van der Waals surface area contributed by atoms with E-state index < -0.39 is 18.1 Å². The Hall–Kier alpha value is -3.80. The summed E-state index contributed by atoms with van der Waals surface area (Å²) in [5.74, 6) is -0.585. The number of carbonyl (C=O) groups is 2. The van der Waals surface area contributed by atoms with E-state index in [9.17, 15) is 14.7 Å². The summed E-state index contributed by atoms with van der Waals surface area (Å²) in [5.41, 5.74) is 6.05. The van der Waals surface area contributed by atoms with Crippen LogP contribution in [0.25, 0.3) is 11.1 Å². The molecule has 164 valence electrons. The van der Waals surface area contributed by atoms with Crippen molar-refractivity contribution in [2.24, 2.45) is 0 Å². The van der Waals surface area contributed by atoms with Crippen molar-refractivity contribution in [2.75, 3.05) is 13.7 Å². The standard InChI is InChI=1S/C26H25NO5/c1-16-11-12-24(31-2)21(13-16)23(14-25(28)29)27-26(30)32-15-22-19-9-5-3-7-17(19)18-8-4-6-10-20(18)22/h3-13,22-23H,14-15H2,1-2H3,(H,27,30)(H,28,29)/t23-/m1/s1. The summed E-state index contributed by atoms with van der Waals surface area (Å²) in [7, 11) is 1.51. The number of carbonyl (C=O) groups excluding carboxylic acids is 1. The molecule has 1 atom stereocenters. The Morgan fingerprint density at radius 2 is 1.62 bits per heavy atom.